The summed E-state index contributed by atoms with van der Waals surface area (Å²) in [6, 6.07) is 0.146. The van der Waals surface area contributed by atoms with Gasteiger partial charge in [-0.1, -0.05) is 12.1 Å². The highest BCUT2D eigenvalue weighted by molar-refractivity contribution is 7.91. The molecule has 0 saturated carbocycles. The van der Waals surface area contributed by atoms with Crippen molar-refractivity contribution in [3.05, 3.63) is 0 Å². The van der Waals surface area contributed by atoms with Crippen molar-refractivity contribution in [2.75, 3.05) is 24.6 Å². The van der Waals surface area contributed by atoms with Crippen LogP contribution in [0.2, 0.25) is 0 Å². The van der Waals surface area contributed by atoms with Gasteiger partial charge >= 0.3 is 0 Å². The van der Waals surface area contributed by atoms with Gasteiger partial charge in [-0.05, 0) is 13.8 Å². The minimum Gasteiger partial charge on any atom is -0.409 e. The molecule has 0 aromatic carbocycles. The summed E-state index contributed by atoms with van der Waals surface area (Å²) in [5.41, 5.74) is 5.39. The molecule has 96 valence electrons. The molecule has 0 heterocycles. The Morgan fingerprint density at radius 3 is 2.44 bits per heavy atom. The van der Waals surface area contributed by atoms with Crippen molar-refractivity contribution >= 4 is 15.7 Å². The summed E-state index contributed by atoms with van der Waals surface area (Å²) in [4.78, 5) is 1.85. The van der Waals surface area contributed by atoms with Gasteiger partial charge in [0.2, 0.25) is 0 Å². The summed E-state index contributed by atoms with van der Waals surface area (Å²) in [6.07, 6.45) is 0. The zero-order valence-corrected chi connectivity index (χ0v) is 10.9. The van der Waals surface area contributed by atoms with Gasteiger partial charge in [-0.15, -0.1) is 0 Å². The van der Waals surface area contributed by atoms with E-state index in [1.165, 1.54) is 0 Å². The molecule has 0 rings (SSSR count). The van der Waals surface area contributed by atoms with E-state index in [0.717, 1.165) is 0 Å². The van der Waals surface area contributed by atoms with E-state index in [2.05, 4.69) is 5.16 Å². The Morgan fingerprint density at radius 2 is 2.06 bits per heavy atom. The van der Waals surface area contributed by atoms with E-state index in [1.807, 2.05) is 18.7 Å². The van der Waals surface area contributed by atoms with Gasteiger partial charge in [0.05, 0.1) is 12.3 Å². The van der Waals surface area contributed by atoms with E-state index < -0.39 is 9.84 Å². The molecule has 0 unspecified atom stereocenters. The predicted molar refractivity (Wildman–Crippen MR) is 64.4 cm³/mol. The van der Waals surface area contributed by atoms with Crippen LogP contribution in [0.3, 0.4) is 0 Å². The fourth-order valence-corrected chi connectivity index (χ4v) is 1.96. The monoisotopic (exact) mass is 251 g/mol. The lowest BCUT2D eigenvalue weighted by Crippen LogP contribution is -2.41. The minimum absolute atomic E-state index is 0.0857. The number of oxime groups is 1. The van der Waals surface area contributed by atoms with Crippen molar-refractivity contribution in [2.45, 2.75) is 26.8 Å². The number of nitrogens with two attached hydrogens (primary N) is 1. The van der Waals surface area contributed by atoms with Gasteiger partial charge in [0.15, 0.2) is 15.7 Å². The molecule has 0 aromatic rings. The van der Waals surface area contributed by atoms with Crippen LogP contribution in [0.15, 0.2) is 5.16 Å². The smallest absolute Gasteiger partial charge is 0.153 e. The highest BCUT2D eigenvalue weighted by atomic mass is 32.2. The average molecular weight is 251 g/mol. The minimum atomic E-state index is -2.98. The molecule has 0 spiro atoms. The number of hydrogen-bond acceptors (Lipinski definition) is 5. The van der Waals surface area contributed by atoms with E-state index >= 15 is 0 Å². The van der Waals surface area contributed by atoms with Crippen LogP contribution in [0, 0.1) is 0 Å². The first-order valence-corrected chi connectivity index (χ1v) is 7.05. The van der Waals surface area contributed by atoms with Crippen molar-refractivity contribution in [3.63, 3.8) is 0 Å². The maximum absolute atomic E-state index is 11.3. The normalized spacial score (nSPS) is 13.7. The molecule has 16 heavy (non-hydrogen) atoms. The van der Waals surface area contributed by atoms with Gasteiger partial charge in [0, 0.05) is 18.3 Å². The Morgan fingerprint density at radius 1 is 1.50 bits per heavy atom. The van der Waals surface area contributed by atoms with Crippen LogP contribution >= 0.6 is 0 Å². The zero-order chi connectivity index (χ0) is 12.8. The Bertz CT molecular complexity index is 325. The van der Waals surface area contributed by atoms with Crippen LogP contribution in [-0.2, 0) is 9.84 Å². The maximum Gasteiger partial charge on any atom is 0.153 e. The van der Waals surface area contributed by atoms with E-state index in [1.54, 1.807) is 6.92 Å². The summed E-state index contributed by atoms with van der Waals surface area (Å²) < 4.78 is 22.7. The highest BCUT2D eigenvalue weighted by Gasteiger charge is 2.15. The molecule has 0 amide bonds. The number of hydrogen-bond donors (Lipinski definition) is 2. The molecule has 6 nitrogen and oxygen atoms in total. The number of rotatable bonds is 7. The molecule has 0 atom stereocenters. The number of amidine groups is 1. The number of sulfone groups is 1. The third-order valence-electron chi connectivity index (χ3n) is 2.35. The molecule has 0 aromatic heterocycles. The first-order valence-electron chi connectivity index (χ1n) is 5.23. The molecule has 0 fully saturated rings. The highest BCUT2D eigenvalue weighted by Crippen LogP contribution is 2.00. The van der Waals surface area contributed by atoms with E-state index in [9.17, 15) is 8.42 Å². The van der Waals surface area contributed by atoms with Crippen LogP contribution in [0.5, 0.6) is 0 Å². The summed E-state index contributed by atoms with van der Waals surface area (Å²) in [5, 5.41) is 11.3. The van der Waals surface area contributed by atoms with E-state index in [-0.39, 0.29) is 29.9 Å². The summed E-state index contributed by atoms with van der Waals surface area (Å²) in [6.45, 7) is 6.16. The fraction of sp³-hybridized carbons (Fsp3) is 0.889. The Kier molecular flexibility index (Phi) is 6.35. The SMILES string of the molecule is CCS(=O)(=O)CCN(CC(N)=NO)C(C)C. The van der Waals surface area contributed by atoms with Crippen molar-refractivity contribution < 1.29 is 13.6 Å². The van der Waals surface area contributed by atoms with Crippen LogP contribution in [0.25, 0.3) is 0 Å². The van der Waals surface area contributed by atoms with Crippen molar-refractivity contribution in [3.8, 4) is 0 Å². The molecule has 3 N–H and O–H groups in total. The van der Waals surface area contributed by atoms with Crippen molar-refractivity contribution in [1.82, 2.24) is 4.90 Å². The summed E-state index contributed by atoms with van der Waals surface area (Å²) >= 11 is 0. The maximum atomic E-state index is 11.3. The second kappa shape index (κ2) is 6.70. The average Bonchev–Trinajstić information content (AvgIpc) is 2.23. The summed E-state index contributed by atoms with van der Waals surface area (Å²) in [5.74, 6) is 0.325. The standard InChI is InChI=1S/C9H21N3O3S/c1-4-16(14,15)6-5-12(8(2)3)7-9(10)11-13/h8,13H,4-7H2,1-3H3,(H2,10,11). The quantitative estimate of drug-likeness (QED) is 0.284. The lowest BCUT2D eigenvalue weighted by Gasteiger charge is -2.25. The van der Waals surface area contributed by atoms with Gasteiger partial charge in [-0.3, -0.25) is 4.90 Å². The van der Waals surface area contributed by atoms with Crippen LogP contribution in [-0.4, -0.2) is 55.0 Å². The molecule has 0 aliphatic rings. The third-order valence-corrected chi connectivity index (χ3v) is 4.04. The lowest BCUT2D eigenvalue weighted by molar-refractivity contribution is 0.259. The molecular formula is C9H21N3O3S. The van der Waals surface area contributed by atoms with Crippen LogP contribution in [0.1, 0.15) is 20.8 Å². The Labute approximate surface area is 97.0 Å². The van der Waals surface area contributed by atoms with Gasteiger partial charge in [0.1, 0.15) is 0 Å². The summed E-state index contributed by atoms with van der Waals surface area (Å²) in [7, 11) is -2.98. The number of nitrogens with zero attached hydrogens (tertiary/aromatic N) is 2. The van der Waals surface area contributed by atoms with Gasteiger partial charge in [0.25, 0.3) is 0 Å². The largest absolute Gasteiger partial charge is 0.409 e. The van der Waals surface area contributed by atoms with E-state index in [4.69, 9.17) is 10.9 Å². The van der Waals surface area contributed by atoms with Gasteiger partial charge < -0.3 is 10.9 Å². The van der Waals surface area contributed by atoms with Gasteiger partial charge in [-0.2, -0.15) is 0 Å². The second-order valence-corrected chi connectivity index (χ2v) is 6.36. The van der Waals surface area contributed by atoms with Crippen LogP contribution < -0.4 is 5.73 Å². The second-order valence-electron chi connectivity index (χ2n) is 3.89. The Hall–Kier alpha value is -0.820. The molecule has 0 saturated heterocycles. The molecule has 0 radical (unpaired) electrons. The first-order chi connectivity index (χ1) is 7.32. The molecular weight excluding hydrogens is 230 g/mol. The van der Waals surface area contributed by atoms with Crippen molar-refractivity contribution in [2.24, 2.45) is 10.9 Å². The van der Waals surface area contributed by atoms with Gasteiger partial charge in [-0.25, -0.2) is 8.42 Å². The fourth-order valence-electron chi connectivity index (χ4n) is 1.16. The van der Waals surface area contributed by atoms with Crippen molar-refractivity contribution in [1.29, 1.82) is 0 Å². The third kappa shape index (κ3) is 5.92. The molecule has 0 aliphatic carbocycles. The van der Waals surface area contributed by atoms with Crippen LogP contribution in [0.4, 0.5) is 0 Å². The zero-order valence-electron chi connectivity index (χ0n) is 10.0. The van der Waals surface area contributed by atoms with E-state index in [0.29, 0.717) is 6.54 Å². The topological polar surface area (TPSA) is 96.0 Å². The first kappa shape index (κ1) is 15.2. The molecule has 0 bridgehead atoms. The molecule has 7 heteroatoms. The predicted octanol–water partition coefficient (Wildman–Crippen LogP) is -0.122. The Balaban J connectivity index is 4.37. The molecule has 0 aliphatic heterocycles. The lowest BCUT2D eigenvalue weighted by atomic mass is 10.3.